The van der Waals surface area contributed by atoms with Gasteiger partial charge < -0.3 is 0 Å². The third kappa shape index (κ3) is 3.74. The Labute approximate surface area is 198 Å². The van der Waals surface area contributed by atoms with Gasteiger partial charge in [-0.1, -0.05) is 131 Å². The van der Waals surface area contributed by atoms with Crippen molar-refractivity contribution in [1.29, 1.82) is 0 Å². The predicted molar refractivity (Wildman–Crippen MR) is 144 cm³/mol. The van der Waals surface area contributed by atoms with Gasteiger partial charge in [-0.25, -0.2) is 0 Å². The van der Waals surface area contributed by atoms with Gasteiger partial charge in [0.1, 0.15) is 0 Å². The topological polar surface area (TPSA) is 0 Å². The molecule has 0 aromatic heterocycles. The van der Waals surface area contributed by atoms with Crippen molar-refractivity contribution in [2.75, 3.05) is 0 Å². The largest absolute Gasteiger partial charge is 0.0770 e. The fraction of sp³-hybridized carbons (Fsp3) is 0.212. The summed E-state index contributed by atoms with van der Waals surface area (Å²) in [4.78, 5) is 0. The normalized spacial score (nSPS) is 15.8. The highest BCUT2D eigenvalue weighted by atomic mass is 14.3. The third-order valence-electron chi connectivity index (χ3n) is 6.87. The minimum absolute atomic E-state index is 0.0155. The smallest absolute Gasteiger partial charge is 0.00311 e. The van der Waals surface area contributed by atoms with Crippen molar-refractivity contribution in [3.8, 4) is 22.3 Å². The lowest BCUT2D eigenvalue weighted by Crippen LogP contribution is -2.13. The molecule has 0 spiro atoms. The number of benzene rings is 4. The molecule has 0 nitrogen and oxygen atoms in total. The van der Waals surface area contributed by atoms with E-state index in [2.05, 4.69) is 131 Å². The van der Waals surface area contributed by atoms with E-state index in [-0.39, 0.29) is 5.41 Å². The molecule has 4 aromatic carbocycles. The summed E-state index contributed by atoms with van der Waals surface area (Å²) in [6.45, 7) is 9.34. The van der Waals surface area contributed by atoms with Crippen LogP contribution in [-0.4, -0.2) is 0 Å². The van der Waals surface area contributed by atoms with E-state index in [1.165, 1.54) is 49.7 Å². The van der Waals surface area contributed by atoms with Crippen molar-refractivity contribution < 1.29 is 0 Å². The summed E-state index contributed by atoms with van der Waals surface area (Å²) in [5.74, 6) is 0.360. The molecule has 0 bridgehead atoms. The van der Waals surface area contributed by atoms with E-state index in [0.717, 1.165) is 6.42 Å². The summed E-state index contributed by atoms with van der Waals surface area (Å²) in [5, 5.41) is 2.66. The fourth-order valence-corrected chi connectivity index (χ4v) is 5.36. The van der Waals surface area contributed by atoms with Crippen LogP contribution in [0.3, 0.4) is 0 Å². The Kier molecular flexibility index (Phi) is 5.54. The monoisotopic (exact) mass is 428 g/mol. The van der Waals surface area contributed by atoms with Crippen molar-refractivity contribution >= 4 is 16.3 Å². The molecule has 0 amide bonds. The Morgan fingerprint density at radius 1 is 0.636 bits per heavy atom. The molecule has 33 heavy (non-hydrogen) atoms. The van der Waals surface area contributed by atoms with Gasteiger partial charge in [0, 0.05) is 5.92 Å². The Hall–Kier alpha value is -3.38. The first-order valence-corrected chi connectivity index (χ1v) is 12.1. The van der Waals surface area contributed by atoms with Gasteiger partial charge in [-0.05, 0) is 61.6 Å². The molecule has 0 fully saturated rings. The molecular weight excluding hydrogens is 396 g/mol. The van der Waals surface area contributed by atoms with Crippen LogP contribution in [0.4, 0.5) is 0 Å². The van der Waals surface area contributed by atoms with Crippen molar-refractivity contribution in [2.24, 2.45) is 5.41 Å². The molecule has 0 N–H and O–H groups in total. The van der Waals surface area contributed by atoms with Crippen LogP contribution in [0.15, 0.2) is 103 Å². The second-order valence-electron chi connectivity index (χ2n) is 10.0. The van der Waals surface area contributed by atoms with E-state index >= 15 is 0 Å². The lowest BCUT2D eigenvalue weighted by molar-refractivity contribution is 0.566. The first-order valence-electron chi connectivity index (χ1n) is 12.1. The minimum atomic E-state index is 0.0155. The van der Waals surface area contributed by atoms with Gasteiger partial charge in [-0.3, -0.25) is 0 Å². The SMILES string of the molecule is CCC1C=CC=C(C(C)(C)C)c2c1c(-c1ccccc1)c1ccccc1c2-c1ccccc1. The molecule has 164 valence electrons. The van der Waals surface area contributed by atoms with Crippen LogP contribution in [0.2, 0.25) is 0 Å². The average Bonchev–Trinajstić information content (AvgIpc) is 3.03. The fourth-order valence-electron chi connectivity index (χ4n) is 5.36. The molecule has 0 heteroatoms. The number of allylic oxidation sites excluding steroid dienone is 4. The second kappa shape index (κ2) is 8.52. The molecule has 4 aromatic rings. The van der Waals surface area contributed by atoms with Crippen LogP contribution in [0.5, 0.6) is 0 Å². The second-order valence-corrected chi connectivity index (χ2v) is 10.0. The zero-order valence-electron chi connectivity index (χ0n) is 20.1. The average molecular weight is 429 g/mol. The van der Waals surface area contributed by atoms with Gasteiger partial charge in [0.25, 0.3) is 0 Å². The molecule has 1 aliphatic rings. The Balaban J connectivity index is 2.06. The molecule has 5 rings (SSSR count). The van der Waals surface area contributed by atoms with Gasteiger partial charge in [-0.15, -0.1) is 0 Å². The zero-order valence-corrected chi connectivity index (χ0v) is 20.1. The Morgan fingerprint density at radius 3 is 1.70 bits per heavy atom. The van der Waals surface area contributed by atoms with Crippen molar-refractivity contribution in [2.45, 2.75) is 40.0 Å². The Morgan fingerprint density at radius 2 is 1.15 bits per heavy atom. The number of hydrogen-bond acceptors (Lipinski definition) is 0. The quantitative estimate of drug-likeness (QED) is 0.305. The van der Waals surface area contributed by atoms with E-state index in [4.69, 9.17) is 0 Å². The standard InChI is InChI=1S/C33H32/c1-5-23-19-14-22-28(33(2,3)4)32-30(25-17-10-7-11-18-25)27-21-13-12-20-26(27)29(31(23)32)24-15-8-6-9-16-24/h6-23H,5H2,1-4H3. The van der Waals surface area contributed by atoms with Crippen LogP contribution in [0.1, 0.15) is 51.2 Å². The maximum Gasteiger partial charge on any atom is 0.00311 e. The van der Waals surface area contributed by atoms with E-state index in [0.29, 0.717) is 5.92 Å². The highest BCUT2D eigenvalue weighted by Gasteiger charge is 2.31. The van der Waals surface area contributed by atoms with Crippen LogP contribution >= 0.6 is 0 Å². The highest BCUT2D eigenvalue weighted by Crippen LogP contribution is 2.52. The molecular formula is C33H32. The van der Waals surface area contributed by atoms with Crippen LogP contribution in [0, 0.1) is 5.41 Å². The van der Waals surface area contributed by atoms with E-state index in [1.807, 2.05) is 0 Å². The van der Waals surface area contributed by atoms with Crippen LogP contribution < -0.4 is 0 Å². The van der Waals surface area contributed by atoms with E-state index < -0.39 is 0 Å². The van der Waals surface area contributed by atoms with Gasteiger partial charge in [-0.2, -0.15) is 0 Å². The summed E-state index contributed by atoms with van der Waals surface area (Å²) in [7, 11) is 0. The summed E-state index contributed by atoms with van der Waals surface area (Å²) in [5.41, 5.74) is 9.65. The highest BCUT2D eigenvalue weighted by molar-refractivity contribution is 6.11. The summed E-state index contributed by atoms with van der Waals surface area (Å²) in [6, 6.07) is 30.9. The predicted octanol–water partition coefficient (Wildman–Crippen LogP) is 9.67. The van der Waals surface area contributed by atoms with Gasteiger partial charge in [0.15, 0.2) is 0 Å². The molecule has 0 radical (unpaired) electrons. The summed E-state index contributed by atoms with van der Waals surface area (Å²) in [6.07, 6.45) is 8.14. The Bertz CT molecular complexity index is 1350. The summed E-state index contributed by atoms with van der Waals surface area (Å²) >= 11 is 0. The lowest BCUT2D eigenvalue weighted by atomic mass is 9.72. The van der Waals surface area contributed by atoms with Gasteiger partial charge in [0.05, 0.1) is 0 Å². The molecule has 0 aliphatic heterocycles. The van der Waals surface area contributed by atoms with Crippen LogP contribution in [-0.2, 0) is 0 Å². The van der Waals surface area contributed by atoms with Gasteiger partial charge in [0.2, 0.25) is 0 Å². The maximum absolute atomic E-state index is 2.41. The number of fused-ring (bicyclic) bond motifs is 2. The van der Waals surface area contributed by atoms with E-state index in [9.17, 15) is 0 Å². The molecule has 1 aliphatic carbocycles. The maximum atomic E-state index is 2.41. The minimum Gasteiger partial charge on any atom is -0.0770 e. The summed E-state index contributed by atoms with van der Waals surface area (Å²) < 4.78 is 0. The van der Waals surface area contributed by atoms with Crippen molar-refractivity contribution in [3.63, 3.8) is 0 Å². The van der Waals surface area contributed by atoms with E-state index in [1.54, 1.807) is 0 Å². The number of rotatable bonds is 3. The van der Waals surface area contributed by atoms with Crippen molar-refractivity contribution in [1.82, 2.24) is 0 Å². The molecule has 0 saturated carbocycles. The number of hydrogen-bond donors (Lipinski definition) is 0. The molecule has 0 heterocycles. The lowest BCUT2D eigenvalue weighted by Gasteiger charge is -2.31. The first-order chi connectivity index (χ1) is 16.0. The van der Waals surface area contributed by atoms with Gasteiger partial charge >= 0.3 is 0 Å². The zero-order chi connectivity index (χ0) is 23.0. The first kappa shape index (κ1) is 21.5. The molecule has 1 unspecified atom stereocenters. The molecule has 1 atom stereocenters. The van der Waals surface area contributed by atoms with Crippen LogP contribution in [0.25, 0.3) is 38.6 Å². The van der Waals surface area contributed by atoms with Crippen molar-refractivity contribution in [3.05, 3.63) is 114 Å². The molecule has 0 saturated heterocycles. The third-order valence-corrected chi connectivity index (χ3v) is 6.87.